The number of nitrogens with zero attached hydrogens (tertiary/aromatic N) is 2. The van der Waals surface area contributed by atoms with Gasteiger partial charge in [0, 0.05) is 19.7 Å². The van der Waals surface area contributed by atoms with Gasteiger partial charge in [0.1, 0.15) is 0 Å². The van der Waals surface area contributed by atoms with E-state index < -0.39 is 0 Å². The van der Waals surface area contributed by atoms with Gasteiger partial charge in [0.15, 0.2) is 0 Å². The van der Waals surface area contributed by atoms with Crippen molar-refractivity contribution in [1.29, 1.82) is 0 Å². The highest BCUT2D eigenvalue weighted by atomic mass is 15.3. The predicted octanol–water partition coefficient (Wildman–Crippen LogP) is 1.09. The zero-order valence-corrected chi connectivity index (χ0v) is 8.12. The van der Waals surface area contributed by atoms with Crippen LogP contribution < -0.4 is 5.32 Å². The van der Waals surface area contributed by atoms with E-state index in [4.69, 9.17) is 6.42 Å². The molecule has 0 amide bonds. The van der Waals surface area contributed by atoms with Crippen LogP contribution in [0.25, 0.3) is 0 Å². The maximum absolute atomic E-state index is 5.30. The molecule has 1 atom stereocenters. The van der Waals surface area contributed by atoms with E-state index in [1.165, 1.54) is 0 Å². The van der Waals surface area contributed by atoms with Gasteiger partial charge in [-0.15, -0.1) is 12.3 Å². The van der Waals surface area contributed by atoms with Gasteiger partial charge in [0.25, 0.3) is 0 Å². The molecule has 0 aliphatic heterocycles. The highest BCUT2D eigenvalue weighted by molar-refractivity contribution is 5.09. The molecule has 0 spiro atoms. The summed E-state index contributed by atoms with van der Waals surface area (Å²) in [5, 5.41) is 7.43. The standard InChI is InChI=1S/C10H15N3/c1-4-6-9(11-5-2)10-7-8-12-13(10)3/h1,7-9,11H,5-6H2,2-3H3. The first-order valence-electron chi connectivity index (χ1n) is 4.44. The van der Waals surface area contributed by atoms with Crippen LogP contribution in [0.15, 0.2) is 12.3 Å². The molecule has 0 fully saturated rings. The second-order valence-electron chi connectivity index (χ2n) is 2.90. The quantitative estimate of drug-likeness (QED) is 0.698. The van der Waals surface area contributed by atoms with E-state index in [-0.39, 0.29) is 6.04 Å². The molecule has 0 radical (unpaired) electrons. The molecule has 3 heteroatoms. The lowest BCUT2D eigenvalue weighted by atomic mass is 10.1. The fourth-order valence-corrected chi connectivity index (χ4v) is 1.37. The smallest absolute Gasteiger partial charge is 0.0602 e. The summed E-state index contributed by atoms with van der Waals surface area (Å²) in [5.74, 6) is 2.66. The Labute approximate surface area is 79.1 Å². The molecular formula is C10H15N3. The maximum atomic E-state index is 5.30. The Morgan fingerprint density at radius 2 is 2.54 bits per heavy atom. The molecule has 70 valence electrons. The minimum absolute atomic E-state index is 0.225. The van der Waals surface area contributed by atoms with E-state index in [2.05, 4.69) is 23.3 Å². The largest absolute Gasteiger partial charge is 0.308 e. The van der Waals surface area contributed by atoms with Gasteiger partial charge in [-0.05, 0) is 12.6 Å². The summed E-state index contributed by atoms with van der Waals surface area (Å²) in [5.41, 5.74) is 1.14. The Morgan fingerprint density at radius 1 is 1.77 bits per heavy atom. The fourth-order valence-electron chi connectivity index (χ4n) is 1.37. The Kier molecular flexibility index (Phi) is 3.53. The zero-order valence-electron chi connectivity index (χ0n) is 8.12. The Hall–Kier alpha value is -1.27. The fraction of sp³-hybridized carbons (Fsp3) is 0.500. The van der Waals surface area contributed by atoms with Gasteiger partial charge in [0.05, 0.1) is 11.7 Å². The molecule has 1 rings (SSSR count). The summed E-state index contributed by atoms with van der Waals surface area (Å²) in [6.07, 6.45) is 7.79. The van der Waals surface area contributed by atoms with E-state index >= 15 is 0 Å². The lowest BCUT2D eigenvalue weighted by molar-refractivity contribution is 0.520. The van der Waals surface area contributed by atoms with Gasteiger partial charge < -0.3 is 5.32 Å². The summed E-state index contributed by atoms with van der Waals surface area (Å²) in [4.78, 5) is 0. The third-order valence-corrected chi connectivity index (χ3v) is 1.99. The van der Waals surface area contributed by atoms with Crippen molar-refractivity contribution in [3.05, 3.63) is 18.0 Å². The number of nitrogens with one attached hydrogen (secondary N) is 1. The van der Waals surface area contributed by atoms with Crippen molar-refractivity contribution in [2.45, 2.75) is 19.4 Å². The van der Waals surface area contributed by atoms with Crippen LogP contribution in [-0.2, 0) is 7.05 Å². The minimum atomic E-state index is 0.225. The Balaban J connectivity index is 2.76. The maximum Gasteiger partial charge on any atom is 0.0602 e. The monoisotopic (exact) mass is 177 g/mol. The van der Waals surface area contributed by atoms with Gasteiger partial charge in [-0.2, -0.15) is 5.10 Å². The van der Waals surface area contributed by atoms with E-state index in [1.807, 2.05) is 17.8 Å². The number of rotatable bonds is 4. The lowest BCUT2D eigenvalue weighted by Crippen LogP contribution is -2.22. The molecule has 0 bridgehead atoms. The molecule has 13 heavy (non-hydrogen) atoms. The van der Waals surface area contributed by atoms with E-state index in [1.54, 1.807) is 6.20 Å². The summed E-state index contributed by atoms with van der Waals surface area (Å²) in [6.45, 7) is 2.98. The van der Waals surface area contributed by atoms with Crippen molar-refractivity contribution < 1.29 is 0 Å². The van der Waals surface area contributed by atoms with Gasteiger partial charge in [0.2, 0.25) is 0 Å². The summed E-state index contributed by atoms with van der Waals surface area (Å²) < 4.78 is 1.85. The van der Waals surface area contributed by atoms with Gasteiger partial charge in [-0.25, -0.2) is 0 Å². The number of aryl methyl sites for hydroxylation is 1. The minimum Gasteiger partial charge on any atom is -0.308 e. The Bertz CT molecular complexity index is 295. The number of terminal acetylenes is 1. The first kappa shape index (κ1) is 9.82. The molecule has 0 aliphatic carbocycles. The number of hydrogen-bond donors (Lipinski definition) is 1. The number of aromatic nitrogens is 2. The van der Waals surface area contributed by atoms with Crippen LogP contribution in [0.1, 0.15) is 25.1 Å². The van der Waals surface area contributed by atoms with E-state index in [0.717, 1.165) is 12.2 Å². The average Bonchev–Trinajstić information content (AvgIpc) is 2.51. The first-order chi connectivity index (χ1) is 6.29. The molecule has 0 saturated carbocycles. The SMILES string of the molecule is C#CCC(NCC)c1ccnn1C. The van der Waals surface area contributed by atoms with Crippen LogP contribution in [0.2, 0.25) is 0 Å². The van der Waals surface area contributed by atoms with Gasteiger partial charge in [-0.3, -0.25) is 4.68 Å². The van der Waals surface area contributed by atoms with Crippen LogP contribution >= 0.6 is 0 Å². The van der Waals surface area contributed by atoms with Gasteiger partial charge >= 0.3 is 0 Å². The van der Waals surface area contributed by atoms with Crippen molar-refractivity contribution in [3.8, 4) is 12.3 Å². The van der Waals surface area contributed by atoms with Crippen LogP contribution in [0.5, 0.6) is 0 Å². The van der Waals surface area contributed by atoms with Crippen molar-refractivity contribution >= 4 is 0 Å². The van der Waals surface area contributed by atoms with Gasteiger partial charge in [-0.1, -0.05) is 6.92 Å². The molecule has 1 heterocycles. The van der Waals surface area contributed by atoms with E-state index in [9.17, 15) is 0 Å². The van der Waals surface area contributed by atoms with Crippen molar-refractivity contribution in [2.75, 3.05) is 6.54 Å². The van der Waals surface area contributed by atoms with Crippen LogP contribution in [-0.4, -0.2) is 16.3 Å². The summed E-state index contributed by atoms with van der Waals surface area (Å²) in [7, 11) is 1.93. The first-order valence-corrected chi connectivity index (χ1v) is 4.44. The lowest BCUT2D eigenvalue weighted by Gasteiger charge is -2.15. The highest BCUT2D eigenvalue weighted by Crippen LogP contribution is 2.14. The molecule has 1 N–H and O–H groups in total. The second-order valence-corrected chi connectivity index (χ2v) is 2.90. The molecule has 1 unspecified atom stereocenters. The van der Waals surface area contributed by atoms with E-state index in [0.29, 0.717) is 6.42 Å². The predicted molar refractivity (Wildman–Crippen MR) is 53.1 cm³/mol. The zero-order chi connectivity index (χ0) is 9.68. The highest BCUT2D eigenvalue weighted by Gasteiger charge is 2.11. The molecule has 0 aromatic carbocycles. The average molecular weight is 177 g/mol. The van der Waals surface area contributed by atoms with Crippen LogP contribution in [0, 0.1) is 12.3 Å². The molecule has 0 saturated heterocycles. The van der Waals surface area contributed by atoms with Crippen LogP contribution in [0.3, 0.4) is 0 Å². The molecule has 3 nitrogen and oxygen atoms in total. The summed E-state index contributed by atoms with van der Waals surface area (Å²) in [6, 6.07) is 2.22. The second kappa shape index (κ2) is 4.68. The number of hydrogen-bond acceptors (Lipinski definition) is 2. The molecular weight excluding hydrogens is 162 g/mol. The third-order valence-electron chi connectivity index (χ3n) is 1.99. The summed E-state index contributed by atoms with van der Waals surface area (Å²) >= 11 is 0. The Morgan fingerprint density at radius 3 is 3.00 bits per heavy atom. The van der Waals surface area contributed by atoms with Crippen molar-refractivity contribution in [1.82, 2.24) is 15.1 Å². The van der Waals surface area contributed by atoms with Crippen molar-refractivity contribution in [3.63, 3.8) is 0 Å². The molecule has 0 aliphatic rings. The topological polar surface area (TPSA) is 29.9 Å². The normalized spacial score (nSPS) is 12.4. The van der Waals surface area contributed by atoms with Crippen LogP contribution in [0.4, 0.5) is 0 Å². The third kappa shape index (κ3) is 2.33. The molecule has 1 aromatic heterocycles. The molecule has 1 aromatic rings. The van der Waals surface area contributed by atoms with Crippen molar-refractivity contribution in [2.24, 2.45) is 7.05 Å².